The topological polar surface area (TPSA) is 102 Å². The van der Waals surface area contributed by atoms with Crippen LogP contribution >= 0.6 is 0 Å². The van der Waals surface area contributed by atoms with Gasteiger partial charge in [-0.25, -0.2) is 0 Å². The van der Waals surface area contributed by atoms with Crippen LogP contribution in [0.5, 0.6) is 0 Å². The molecular weight excluding hydrogens is 382 g/mol. The van der Waals surface area contributed by atoms with Crippen molar-refractivity contribution >= 4 is 34.1 Å². The largest absolute Gasteiger partial charge is 0.419 e. The molecule has 4 rings (SSSR count). The van der Waals surface area contributed by atoms with Gasteiger partial charge in [0.15, 0.2) is 0 Å². The Kier molecular flexibility index (Phi) is 5.30. The van der Waals surface area contributed by atoms with Crippen molar-refractivity contribution in [3.8, 4) is 11.6 Å². The zero-order valence-electron chi connectivity index (χ0n) is 16.7. The second-order valence-electron chi connectivity index (χ2n) is 6.84. The Morgan fingerprint density at radius 1 is 1.00 bits per heavy atom. The van der Waals surface area contributed by atoms with E-state index in [0.717, 1.165) is 10.9 Å². The number of aromatic nitrogens is 3. The standard InChI is InChI=1S/C22H21N5O3/c1-3-21-25-26-22(30-21)19-12-15-6-4-5-7-18(15)27(19)13-20(29)24-17-10-8-16(9-11-17)23-14(2)28/h4-12H,3,13H2,1-2H3,(H,23,28)(H,24,29). The van der Waals surface area contributed by atoms with Crippen LogP contribution in [0, 0.1) is 0 Å². The van der Waals surface area contributed by atoms with Crippen molar-refractivity contribution in [1.29, 1.82) is 0 Å². The first-order chi connectivity index (χ1) is 14.5. The van der Waals surface area contributed by atoms with Crippen molar-refractivity contribution in [3.05, 3.63) is 60.5 Å². The van der Waals surface area contributed by atoms with Crippen molar-refractivity contribution < 1.29 is 14.0 Å². The molecular formula is C22H21N5O3. The number of hydrogen-bond donors (Lipinski definition) is 2. The van der Waals surface area contributed by atoms with Crippen molar-refractivity contribution in [2.75, 3.05) is 10.6 Å². The van der Waals surface area contributed by atoms with Gasteiger partial charge in [-0.15, -0.1) is 10.2 Å². The van der Waals surface area contributed by atoms with Crippen LogP contribution in [0.1, 0.15) is 19.7 Å². The highest BCUT2D eigenvalue weighted by Gasteiger charge is 2.18. The van der Waals surface area contributed by atoms with Gasteiger partial charge in [0.1, 0.15) is 12.2 Å². The molecule has 2 aromatic carbocycles. The van der Waals surface area contributed by atoms with E-state index in [4.69, 9.17) is 4.42 Å². The quantitative estimate of drug-likeness (QED) is 0.509. The van der Waals surface area contributed by atoms with Crippen molar-refractivity contribution in [3.63, 3.8) is 0 Å². The Bertz CT molecular complexity index is 1210. The molecule has 8 heteroatoms. The first kappa shape index (κ1) is 19.4. The molecule has 30 heavy (non-hydrogen) atoms. The Hall–Kier alpha value is -3.94. The normalized spacial score (nSPS) is 10.9. The number of carbonyl (C=O) groups excluding carboxylic acids is 2. The third-order valence-corrected chi connectivity index (χ3v) is 4.59. The van der Waals surface area contributed by atoms with Gasteiger partial charge in [-0.05, 0) is 36.4 Å². The first-order valence-corrected chi connectivity index (χ1v) is 9.62. The molecule has 0 radical (unpaired) electrons. The second kappa shape index (κ2) is 8.20. The van der Waals surface area contributed by atoms with Crippen LogP contribution in [0.15, 0.2) is 59.0 Å². The molecule has 0 fully saturated rings. The zero-order chi connectivity index (χ0) is 21.1. The second-order valence-corrected chi connectivity index (χ2v) is 6.84. The number of fused-ring (bicyclic) bond motifs is 1. The van der Waals surface area contributed by atoms with Gasteiger partial charge in [0, 0.05) is 35.6 Å². The van der Waals surface area contributed by atoms with Crippen LogP contribution in [-0.2, 0) is 22.6 Å². The van der Waals surface area contributed by atoms with Gasteiger partial charge in [-0.3, -0.25) is 9.59 Å². The summed E-state index contributed by atoms with van der Waals surface area (Å²) in [4.78, 5) is 23.9. The number of carbonyl (C=O) groups is 2. The fourth-order valence-corrected chi connectivity index (χ4v) is 3.24. The van der Waals surface area contributed by atoms with Crippen LogP contribution < -0.4 is 10.6 Å². The van der Waals surface area contributed by atoms with E-state index in [1.165, 1.54) is 6.92 Å². The third-order valence-electron chi connectivity index (χ3n) is 4.59. The summed E-state index contributed by atoms with van der Waals surface area (Å²) in [5, 5.41) is 14.7. The summed E-state index contributed by atoms with van der Waals surface area (Å²) in [6.07, 6.45) is 0.641. The molecule has 0 aliphatic heterocycles. The van der Waals surface area contributed by atoms with Crippen molar-refractivity contribution in [1.82, 2.24) is 14.8 Å². The molecule has 0 bridgehead atoms. The Morgan fingerprint density at radius 3 is 2.37 bits per heavy atom. The van der Waals surface area contributed by atoms with E-state index >= 15 is 0 Å². The van der Waals surface area contributed by atoms with Crippen LogP contribution in [0.25, 0.3) is 22.5 Å². The van der Waals surface area contributed by atoms with E-state index in [-0.39, 0.29) is 18.4 Å². The van der Waals surface area contributed by atoms with Gasteiger partial charge in [0.25, 0.3) is 5.89 Å². The fourth-order valence-electron chi connectivity index (χ4n) is 3.24. The van der Waals surface area contributed by atoms with Crippen LogP contribution in [0.3, 0.4) is 0 Å². The molecule has 8 nitrogen and oxygen atoms in total. The highest BCUT2D eigenvalue weighted by atomic mass is 16.4. The number of hydrogen-bond acceptors (Lipinski definition) is 5. The third kappa shape index (κ3) is 4.07. The number of nitrogens with one attached hydrogen (secondary N) is 2. The summed E-state index contributed by atoms with van der Waals surface area (Å²) in [5.74, 6) is 0.590. The number of para-hydroxylation sites is 1. The molecule has 152 valence electrons. The molecule has 0 atom stereocenters. The maximum atomic E-state index is 12.8. The number of rotatable bonds is 6. The minimum absolute atomic E-state index is 0.0835. The molecule has 0 saturated heterocycles. The summed E-state index contributed by atoms with van der Waals surface area (Å²) in [6.45, 7) is 3.47. The van der Waals surface area contributed by atoms with Crippen LogP contribution in [-0.4, -0.2) is 26.6 Å². The Balaban J connectivity index is 1.59. The van der Waals surface area contributed by atoms with Gasteiger partial charge < -0.3 is 19.6 Å². The van der Waals surface area contributed by atoms with Gasteiger partial charge in [-0.2, -0.15) is 0 Å². The Labute approximate surface area is 172 Å². The van der Waals surface area contributed by atoms with E-state index < -0.39 is 0 Å². The molecule has 0 saturated carbocycles. The van der Waals surface area contributed by atoms with Crippen LogP contribution in [0.4, 0.5) is 11.4 Å². The molecule has 2 N–H and O–H groups in total. The van der Waals surface area contributed by atoms with Crippen LogP contribution in [0.2, 0.25) is 0 Å². The summed E-state index contributed by atoms with van der Waals surface area (Å²) >= 11 is 0. The summed E-state index contributed by atoms with van der Waals surface area (Å²) in [5.41, 5.74) is 2.90. The molecule has 0 aliphatic rings. The predicted molar refractivity (Wildman–Crippen MR) is 114 cm³/mol. The van der Waals surface area contributed by atoms with Gasteiger partial charge in [0.05, 0.1) is 0 Å². The van der Waals surface area contributed by atoms with E-state index in [1.54, 1.807) is 24.3 Å². The van der Waals surface area contributed by atoms with E-state index in [9.17, 15) is 9.59 Å². The number of nitrogens with zero attached hydrogens (tertiary/aromatic N) is 3. The molecule has 2 aromatic heterocycles. The Morgan fingerprint density at radius 2 is 1.70 bits per heavy atom. The van der Waals surface area contributed by atoms with Crippen molar-refractivity contribution in [2.45, 2.75) is 26.8 Å². The lowest BCUT2D eigenvalue weighted by Crippen LogP contribution is -2.19. The van der Waals surface area contributed by atoms with E-state index in [0.29, 0.717) is 35.3 Å². The smallest absolute Gasteiger partial charge is 0.264 e. The average molecular weight is 403 g/mol. The first-order valence-electron chi connectivity index (χ1n) is 9.62. The number of benzene rings is 2. The lowest BCUT2D eigenvalue weighted by Gasteiger charge is -2.10. The van der Waals surface area contributed by atoms with Gasteiger partial charge in [0.2, 0.25) is 17.7 Å². The molecule has 4 aromatic rings. The van der Waals surface area contributed by atoms with E-state index in [1.807, 2.05) is 41.8 Å². The SMILES string of the molecule is CCc1nnc(-c2cc3ccccc3n2CC(=O)Nc2ccc(NC(C)=O)cc2)o1. The molecule has 0 unspecified atom stereocenters. The highest BCUT2D eigenvalue weighted by molar-refractivity contribution is 5.94. The highest BCUT2D eigenvalue weighted by Crippen LogP contribution is 2.28. The minimum atomic E-state index is -0.194. The zero-order valence-corrected chi connectivity index (χ0v) is 16.7. The molecule has 2 heterocycles. The minimum Gasteiger partial charge on any atom is -0.419 e. The predicted octanol–water partition coefficient (Wildman–Crippen LogP) is 3.85. The number of amides is 2. The summed E-state index contributed by atoms with van der Waals surface area (Å²) < 4.78 is 7.59. The fraction of sp³-hybridized carbons (Fsp3) is 0.182. The van der Waals surface area contributed by atoms with Gasteiger partial charge >= 0.3 is 0 Å². The van der Waals surface area contributed by atoms with Crippen molar-refractivity contribution in [2.24, 2.45) is 0 Å². The maximum Gasteiger partial charge on any atom is 0.264 e. The van der Waals surface area contributed by atoms with Gasteiger partial charge in [-0.1, -0.05) is 25.1 Å². The lowest BCUT2D eigenvalue weighted by molar-refractivity contribution is -0.116. The van der Waals surface area contributed by atoms with E-state index in [2.05, 4.69) is 20.8 Å². The number of anilines is 2. The number of aryl methyl sites for hydroxylation is 1. The summed E-state index contributed by atoms with van der Waals surface area (Å²) in [6, 6.07) is 16.7. The summed E-state index contributed by atoms with van der Waals surface area (Å²) in [7, 11) is 0. The molecule has 0 spiro atoms. The lowest BCUT2D eigenvalue weighted by atomic mass is 10.2. The molecule has 2 amide bonds. The molecule has 0 aliphatic carbocycles. The maximum absolute atomic E-state index is 12.8. The average Bonchev–Trinajstić information content (AvgIpc) is 3.34. The monoisotopic (exact) mass is 403 g/mol.